The second kappa shape index (κ2) is 6.38. The molecule has 0 spiro atoms. The number of aliphatic imine (C=N–C) groups is 1. The molecule has 0 bridgehead atoms. The van der Waals surface area contributed by atoms with Crippen LogP contribution in [-0.2, 0) is 20.7 Å². The molecule has 1 aromatic carbocycles. The third kappa shape index (κ3) is 3.42. The maximum atomic E-state index is 6.21. The van der Waals surface area contributed by atoms with Gasteiger partial charge in [-0.25, -0.2) is 4.99 Å². The van der Waals surface area contributed by atoms with Crippen molar-refractivity contribution in [1.29, 1.82) is 0 Å². The van der Waals surface area contributed by atoms with Gasteiger partial charge in [0.15, 0.2) is 5.90 Å². The van der Waals surface area contributed by atoms with Gasteiger partial charge in [0.05, 0.1) is 17.0 Å². The summed E-state index contributed by atoms with van der Waals surface area (Å²) in [6.45, 7) is 10.8. The molecule has 2 heterocycles. The molecule has 1 fully saturated rings. The third-order valence-corrected chi connectivity index (χ3v) is 5.10. The standard InChI is InChI=1S/C19H26BNO3/c1-14-11-12-16(20-23-18(2,3)19(4,5)24-20)17(21-14)22-13-15-9-7-6-8-10-15/h6-11,16H,12-13H2,1-5H3. The van der Waals surface area contributed by atoms with Gasteiger partial charge in [0.1, 0.15) is 6.61 Å². The minimum Gasteiger partial charge on any atom is -0.476 e. The van der Waals surface area contributed by atoms with E-state index < -0.39 is 0 Å². The molecule has 0 saturated carbocycles. The molecule has 3 rings (SSSR count). The number of hydrogen-bond acceptors (Lipinski definition) is 4. The highest BCUT2D eigenvalue weighted by Gasteiger charge is 2.55. The number of rotatable bonds is 3. The molecule has 1 aromatic rings. The van der Waals surface area contributed by atoms with E-state index in [0.29, 0.717) is 12.5 Å². The van der Waals surface area contributed by atoms with Crippen molar-refractivity contribution in [2.24, 2.45) is 4.99 Å². The molecule has 0 aromatic heterocycles. The van der Waals surface area contributed by atoms with Crippen molar-refractivity contribution in [1.82, 2.24) is 0 Å². The summed E-state index contributed by atoms with van der Waals surface area (Å²) in [6, 6.07) is 10.1. The van der Waals surface area contributed by atoms with E-state index in [1.54, 1.807) is 0 Å². The molecular formula is C19H26BNO3. The maximum Gasteiger partial charge on any atom is 0.471 e. The van der Waals surface area contributed by atoms with Crippen molar-refractivity contribution in [2.75, 3.05) is 0 Å². The molecule has 1 saturated heterocycles. The smallest absolute Gasteiger partial charge is 0.471 e. The van der Waals surface area contributed by atoms with Crippen LogP contribution in [-0.4, -0.2) is 24.2 Å². The Labute approximate surface area is 145 Å². The Bertz CT molecular complexity index is 636. The molecule has 5 heteroatoms. The molecule has 4 nitrogen and oxygen atoms in total. The van der Waals surface area contributed by atoms with Crippen LogP contribution >= 0.6 is 0 Å². The van der Waals surface area contributed by atoms with Gasteiger partial charge in [-0.1, -0.05) is 36.4 Å². The quantitative estimate of drug-likeness (QED) is 0.774. The Morgan fingerprint density at radius 2 is 1.75 bits per heavy atom. The number of nitrogens with zero attached hydrogens (tertiary/aromatic N) is 1. The molecule has 0 amide bonds. The van der Waals surface area contributed by atoms with Crippen LogP contribution in [0.4, 0.5) is 0 Å². The van der Waals surface area contributed by atoms with E-state index in [-0.39, 0.29) is 24.1 Å². The Morgan fingerprint density at radius 1 is 1.12 bits per heavy atom. The lowest BCUT2D eigenvalue weighted by atomic mass is 9.69. The Balaban J connectivity index is 1.74. The van der Waals surface area contributed by atoms with Crippen LogP contribution in [0, 0.1) is 0 Å². The van der Waals surface area contributed by atoms with Gasteiger partial charge < -0.3 is 14.0 Å². The van der Waals surface area contributed by atoms with Crippen molar-refractivity contribution < 1.29 is 14.0 Å². The van der Waals surface area contributed by atoms with Gasteiger partial charge in [-0.3, -0.25) is 0 Å². The largest absolute Gasteiger partial charge is 0.476 e. The average molecular weight is 327 g/mol. The predicted molar refractivity (Wildman–Crippen MR) is 96.9 cm³/mol. The fraction of sp³-hybridized carbons (Fsp3) is 0.526. The first kappa shape index (κ1) is 17.2. The fourth-order valence-electron chi connectivity index (χ4n) is 2.85. The summed E-state index contributed by atoms with van der Waals surface area (Å²) in [5, 5.41) is 0. The summed E-state index contributed by atoms with van der Waals surface area (Å²) in [7, 11) is -0.339. The molecule has 0 radical (unpaired) electrons. The van der Waals surface area contributed by atoms with E-state index >= 15 is 0 Å². The number of benzene rings is 1. The summed E-state index contributed by atoms with van der Waals surface area (Å²) >= 11 is 0. The average Bonchev–Trinajstić information content (AvgIpc) is 2.74. The van der Waals surface area contributed by atoms with Crippen LogP contribution in [0.5, 0.6) is 0 Å². The molecular weight excluding hydrogens is 301 g/mol. The first-order chi connectivity index (χ1) is 11.3. The van der Waals surface area contributed by atoms with E-state index in [9.17, 15) is 0 Å². The zero-order valence-corrected chi connectivity index (χ0v) is 15.2. The lowest BCUT2D eigenvalue weighted by molar-refractivity contribution is 0.00578. The Hall–Kier alpha value is -1.59. The zero-order valence-electron chi connectivity index (χ0n) is 15.2. The SMILES string of the molecule is CC1=CCC(B2OC(C)(C)C(C)(C)O2)C(OCc2ccccc2)=N1. The highest BCUT2D eigenvalue weighted by Crippen LogP contribution is 2.42. The van der Waals surface area contributed by atoms with Crippen LogP contribution in [0.15, 0.2) is 47.1 Å². The minimum atomic E-state index is -0.349. The van der Waals surface area contributed by atoms with Crippen molar-refractivity contribution in [3.8, 4) is 0 Å². The van der Waals surface area contributed by atoms with Crippen LogP contribution in [0.2, 0.25) is 5.82 Å². The van der Waals surface area contributed by atoms with Crippen molar-refractivity contribution in [3.63, 3.8) is 0 Å². The first-order valence-corrected chi connectivity index (χ1v) is 8.56. The van der Waals surface area contributed by atoms with Gasteiger partial charge in [0.25, 0.3) is 0 Å². The zero-order chi connectivity index (χ0) is 17.4. The van der Waals surface area contributed by atoms with E-state index in [1.165, 1.54) is 0 Å². The van der Waals surface area contributed by atoms with E-state index in [2.05, 4.69) is 50.9 Å². The molecule has 24 heavy (non-hydrogen) atoms. The number of allylic oxidation sites excluding steroid dienone is 2. The summed E-state index contributed by atoms with van der Waals surface area (Å²) < 4.78 is 18.5. The third-order valence-electron chi connectivity index (χ3n) is 5.10. The van der Waals surface area contributed by atoms with Gasteiger partial charge >= 0.3 is 7.12 Å². The molecule has 0 N–H and O–H groups in total. The second-order valence-electron chi connectivity index (χ2n) is 7.54. The van der Waals surface area contributed by atoms with Gasteiger partial charge in [0, 0.05) is 5.70 Å². The molecule has 2 aliphatic rings. The van der Waals surface area contributed by atoms with Crippen LogP contribution in [0.1, 0.15) is 46.6 Å². The Kier molecular flexibility index (Phi) is 4.58. The van der Waals surface area contributed by atoms with Gasteiger partial charge in [-0.2, -0.15) is 0 Å². The van der Waals surface area contributed by atoms with E-state index in [1.807, 2.05) is 25.1 Å². The summed E-state index contributed by atoms with van der Waals surface area (Å²) in [4.78, 5) is 4.61. The lowest BCUT2D eigenvalue weighted by Crippen LogP contribution is -2.41. The van der Waals surface area contributed by atoms with Crippen LogP contribution in [0.3, 0.4) is 0 Å². The lowest BCUT2D eigenvalue weighted by Gasteiger charge is -2.32. The summed E-state index contributed by atoms with van der Waals surface area (Å²) in [5.41, 5.74) is 1.41. The molecule has 0 aliphatic carbocycles. The predicted octanol–water partition coefficient (Wildman–Crippen LogP) is 4.37. The number of hydrogen-bond donors (Lipinski definition) is 0. The first-order valence-electron chi connectivity index (χ1n) is 8.56. The van der Waals surface area contributed by atoms with E-state index in [0.717, 1.165) is 17.7 Å². The van der Waals surface area contributed by atoms with Gasteiger partial charge in [-0.15, -0.1) is 0 Å². The monoisotopic (exact) mass is 327 g/mol. The maximum absolute atomic E-state index is 6.21. The molecule has 1 atom stereocenters. The molecule has 128 valence electrons. The molecule has 1 unspecified atom stereocenters. The topological polar surface area (TPSA) is 40.0 Å². The fourth-order valence-corrected chi connectivity index (χ4v) is 2.85. The van der Waals surface area contributed by atoms with Gasteiger partial charge in [0.2, 0.25) is 0 Å². The van der Waals surface area contributed by atoms with Crippen molar-refractivity contribution in [3.05, 3.63) is 47.7 Å². The Morgan fingerprint density at radius 3 is 2.38 bits per heavy atom. The minimum absolute atomic E-state index is 0.0153. The molecule has 2 aliphatic heterocycles. The second-order valence-corrected chi connectivity index (χ2v) is 7.54. The number of ether oxygens (including phenoxy) is 1. The highest BCUT2D eigenvalue weighted by atomic mass is 16.7. The van der Waals surface area contributed by atoms with Crippen molar-refractivity contribution in [2.45, 2.75) is 64.7 Å². The van der Waals surface area contributed by atoms with Crippen LogP contribution < -0.4 is 0 Å². The van der Waals surface area contributed by atoms with E-state index in [4.69, 9.17) is 14.0 Å². The van der Waals surface area contributed by atoms with Crippen molar-refractivity contribution >= 4 is 13.0 Å². The normalized spacial score (nSPS) is 25.2. The van der Waals surface area contributed by atoms with Gasteiger partial charge in [-0.05, 0) is 46.6 Å². The highest BCUT2D eigenvalue weighted by molar-refractivity contribution is 6.53. The summed E-state index contributed by atoms with van der Waals surface area (Å²) in [5.74, 6) is 0.691. The van der Waals surface area contributed by atoms with Crippen LogP contribution in [0.25, 0.3) is 0 Å². The summed E-state index contributed by atoms with van der Waals surface area (Å²) in [6.07, 6.45) is 2.93.